The minimum absolute atomic E-state index is 0.343. The Labute approximate surface area is 129 Å². The van der Waals surface area contributed by atoms with E-state index in [0.717, 1.165) is 16.7 Å². The lowest BCUT2D eigenvalue weighted by atomic mass is 10.1. The topological polar surface area (TPSA) is 54.5 Å². The van der Waals surface area contributed by atoms with E-state index in [9.17, 15) is 0 Å². The fraction of sp³-hybridized carbons (Fsp3) is 0.0556. The quantitative estimate of drug-likeness (QED) is 0.692. The maximum Gasteiger partial charge on any atom is 0.190 e. The van der Waals surface area contributed by atoms with E-state index in [1.54, 1.807) is 7.05 Å². The molecule has 4 nitrogen and oxygen atoms in total. The number of aryl methyl sites for hydroxylation is 1. The van der Waals surface area contributed by atoms with E-state index < -0.39 is 0 Å². The van der Waals surface area contributed by atoms with E-state index >= 15 is 0 Å². The third-order valence-electron chi connectivity index (χ3n) is 3.27. The summed E-state index contributed by atoms with van der Waals surface area (Å²) >= 11 is 0. The molecular weight excluding hydrogens is 272 g/mol. The van der Waals surface area contributed by atoms with Gasteiger partial charge in [-0.2, -0.15) is 15.2 Å². The molecule has 0 unspecified atom stereocenters. The van der Waals surface area contributed by atoms with Gasteiger partial charge < -0.3 is 0 Å². The molecule has 0 saturated carbocycles. The van der Waals surface area contributed by atoms with Crippen LogP contribution in [0.25, 0.3) is 23.4 Å². The molecule has 0 radical (unpaired) electrons. The highest BCUT2D eigenvalue weighted by molar-refractivity contribution is 5.72. The van der Waals surface area contributed by atoms with Crippen molar-refractivity contribution in [3.8, 4) is 17.3 Å². The first-order valence-corrected chi connectivity index (χ1v) is 6.91. The summed E-state index contributed by atoms with van der Waals surface area (Å²) in [6, 6.07) is 20.1. The smallest absolute Gasteiger partial charge is 0.190 e. The summed E-state index contributed by atoms with van der Waals surface area (Å²) in [4.78, 5) is 1.41. The van der Waals surface area contributed by atoms with Gasteiger partial charge in [-0.15, -0.1) is 5.10 Å². The minimum atomic E-state index is 0.343. The van der Waals surface area contributed by atoms with Crippen LogP contribution in [0.1, 0.15) is 16.8 Å². The van der Waals surface area contributed by atoms with Gasteiger partial charge in [-0.1, -0.05) is 66.7 Å². The fourth-order valence-corrected chi connectivity index (χ4v) is 2.18. The third-order valence-corrected chi connectivity index (χ3v) is 3.27. The number of benzene rings is 2. The lowest BCUT2D eigenvalue weighted by Crippen LogP contribution is -1.91. The molecule has 0 saturated heterocycles. The van der Waals surface area contributed by atoms with Crippen molar-refractivity contribution in [2.45, 2.75) is 0 Å². The molecular formula is C18H14N4. The molecule has 0 aliphatic rings. The van der Waals surface area contributed by atoms with Crippen molar-refractivity contribution < 1.29 is 0 Å². The molecule has 0 amide bonds. The Morgan fingerprint density at radius 3 is 2.18 bits per heavy atom. The molecule has 0 spiro atoms. The number of nitrogens with zero attached hydrogens (tertiary/aromatic N) is 4. The second-order valence-electron chi connectivity index (χ2n) is 4.86. The monoisotopic (exact) mass is 286 g/mol. The molecule has 1 heterocycles. The van der Waals surface area contributed by atoms with E-state index in [0.29, 0.717) is 11.4 Å². The normalized spacial score (nSPS) is 10.7. The van der Waals surface area contributed by atoms with Crippen molar-refractivity contribution in [3.63, 3.8) is 0 Å². The molecule has 0 N–H and O–H groups in total. The molecule has 0 bridgehead atoms. The van der Waals surface area contributed by atoms with Crippen LogP contribution in [0.15, 0.2) is 54.6 Å². The molecule has 106 valence electrons. The Balaban J connectivity index is 1.84. The number of rotatable bonds is 3. The lowest BCUT2D eigenvalue weighted by Gasteiger charge is -1.98. The van der Waals surface area contributed by atoms with Crippen molar-refractivity contribution in [1.29, 1.82) is 5.26 Å². The standard InChI is InChI=1S/C18H14N4/c1-22-20-17(13-19)18(21-22)16-11-9-15(10-12-16)8-7-14-5-3-2-4-6-14/h2-12H,1H3. The summed E-state index contributed by atoms with van der Waals surface area (Å²) in [6.07, 6.45) is 4.12. The van der Waals surface area contributed by atoms with Gasteiger partial charge in [0.1, 0.15) is 11.8 Å². The Kier molecular flexibility index (Phi) is 3.80. The lowest BCUT2D eigenvalue weighted by molar-refractivity contribution is 0.653. The third kappa shape index (κ3) is 2.94. The first-order valence-electron chi connectivity index (χ1n) is 6.91. The maximum absolute atomic E-state index is 9.08. The van der Waals surface area contributed by atoms with Gasteiger partial charge in [-0.25, -0.2) is 0 Å². The molecule has 4 heteroatoms. The van der Waals surface area contributed by atoms with Crippen LogP contribution < -0.4 is 0 Å². The summed E-state index contributed by atoms with van der Waals surface area (Å²) in [5, 5.41) is 17.4. The van der Waals surface area contributed by atoms with Crippen LogP contribution in [-0.2, 0) is 7.05 Å². The number of aromatic nitrogens is 3. The van der Waals surface area contributed by atoms with Crippen LogP contribution in [0.4, 0.5) is 0 Å². The van der Waals surface area contributed by atoms with Crippen LogP contribution >= 0.6 is 0 Å². The van der Waals surface area contributed by atoms with Gasteiger partial charge in [0.15, 0.2) is 5.69 Å². The number of nitriles is 1. The second-order valence-corrected chi connectivity index (χ2v) is 4.86. The zero-order valence-corrected chi connectivity index (χ0v) is 12.1. The van der Waals surface area contributed by atoms with Crippen molar-refractivity contribution in [2.24, 2.45) is 7.05 Å². The highest BCUT2D eigenvalue weighted by Crippen LogP contribution is 2.20. The molecule has 3 aromatic rings. The number of hydrogen-bond donors (Lipinski definition) is 0. The van der Waals surface area contributed by atoms with E-state index in [1.165, 1.54) is 4.80 Å². The van der Waals surface area contributed by atoms with Crippen molar-refractivity contribution >= 4 is 12.2 Å². The Morgan fingerprint density at radius 1 is 0.909 bits per heavy atom. The SMILES string of the molecule is Cn1nc(C#N)c(-c2ccc(C=Cc3ccccc3)cc2)n1. The Morgan fingerprint density at radius 2 is 1.55 bits per heavy atom. The van der Waals surface area contributed by atoms with Gasteiger partial charge in [0.25, 0.3) is 0 Å². The molecule has 3 rings (SSSR count). The van der Waals surface area contributed by atoms with Crippen molar-refractivity contribution in [2.75, 3.05) is 0 Å². The highest BCUT2D eigenvalue weighted by atomic mass is 15.5. The average Bonchev–Trinajstić information content (AvgIpc) is 2.95. The van der Waals surface area contributed by atoms with Crippen LogP contribution in [0, 0.1) is 11.3 Å². The zero-order valence-electron chi connectivity index (χ0n) is 12.1. The first-order chi connectivity index (χ1) is 10.8. The molecule has 2 aromatic carbocycles. The number of hydrogen-bond acceptors (Lipinski definition) is 3. The Bertz CT molecular complexity index is 837. The summed E-state index contributed by atoms with van der Waals surface area (Å²) in [5.41, 5.74) is 4.10. The van der Waals surface area contributed by atoms with Gasteiger partial charge in [0, 0.05) is 12.6 Å². The molecule has 0 aliphatic carbocycles. The molecule has 1 aromatic heterocycles. The summed E-state index contributed by atoms with van der Waals surface area (Å²) < 4.78 is 0. The van der Waals surface area contributed by atoms with E-state index in [-0.39, 0.29) is 0 Å². The van der Waals surface area contributed by atoms with Crippen molar-refractivity contribution in [3.05, 3.63) is 71.4 Å². The van der Waals surface area contributed by atoms with E-state index in [2.05, 4.69) is 40.6 Å². The second kappa shape index (κ2) is 6.06. The van der Waals surface area contributed by atoms with Crippen LogP contribution in [0.2, 0.25) is 0 Å². The minimum Gasteiger partial charge on any atom is -0.191 e. The summed E-state index contributed by atoms with van der Waals surface area (Å²) in [7, 11) is 1.71. The molecule has 0 aliphatic heterocycles. The molecule has 0 atom stereocenters. The maximum atomic E-state index is 9.08. The predicted octanol–water partition coefficient (Wildman–Crippen LogP) is 3.52. The van der Waals surface area contributed by atoms with Crippen molar-refractivity contribution in [1.82, 2.24) is 15.0 Å². The van der Waals surface area contributed by atoms with E-state index in [4.69, 9.17) is 5.26 Å². The van der Waals surface area contributed by atoms with Gasteiger partial charge in [-0.3, -0.25) is 0 Å². The fourth-order valence-electron chi connectivity index (χ4n) is 2.18. The zero-order chi connectivity index (χ0) is 15.4. The van der Waals surface area contributed by atoms with Gasteiger partial charge >= 0.3 is 0 Å². The van der Waals surface area contributed by atoms with E-state index in [1.807, 2.05) is 42.5 Å². The summed E-state index contributed by atoms with van der Waals surface area (Å²) in [5.74, 6) is 0. The molecule has 0 fully saturated rings. The largest absolute Gasteiger partial charge is 0.191 e. The predicted molar refractivity (Wildman–Crippen MR) is 86.5 cm³/mol. The van der Waals surface area contributed by atoms with Gasteiger partial charge in [0.2, 0.25) is 0 Å². The van der Waals surface area contributed by atoms with Gasteiger partial charge in [0.05, 0.1) is 0 Å². The van der Waals surface area contributed by atoms with Crippen LogP contribution in [0.5, 0.6) is 0 Å². The molecule has 22 heavy (non-hydrogen) atoms. The van der Waals surface area contributed by atoms with Crippen LogP contribution in [0.3, 0.4) is 0 Å². The highest BCUT2D eigenvalue weighted by Gasteiger charge is 2.10. The van der Waals surface area contributed by atoms with Gasteiger partial charge in [-0.05, 0) is 11.1 Å². The average molecular weight is 286 g/mol. The first kappa shape index (κ1) is 13.8. The van der Waals surface area contributed by atoms with Crippen LogP contribution in [-0.4, -0.2) is 15.0 Å². The Hall–Kier alpha value is -3.19. The summed E-state index contributed by atoms with van der Waals surface area (Å²) in [6.45, 7) is 0.